The first-order chi connectivity index (χ1) is 16.7. The van der Waals surface area contributed by atoms with Crippen molar-refractivity contribution in [2.45, 2.75) is 92.0 Å². The van der Waals surface area contributed by atoms with Gasteiger partial charge in [0.05, 0.1) is 17.1 Å². The van der Waals surface area contributed by atoms with Crippen LogP contribution in [0.4, 0.5) is 0 Å². The van der Waals surface area contributed by atoms with E-state index in [-0.39, 0.29) is 29.7 Å². The van der Waals surface area contributed by atoms with E-state index in [2.05, 4.69) is 0 Å². The summed E-state index contributed by atoms with van der Waals surface area (Å²) < 4.78 is 0. The highest BCUT2D eigenvalue weighted by molar-refractivity contribution is 6.02. The minimum Gasteiger partial charge on any atom is -0.505 e. The number of aliphatic hydroxyl groups is 4. The van der Waals surface area contributed by atoms with Crippen LogP contribution in [-0.2, 0) is 14.4 Å². The number of hydrogen-bond donors (Lipinski definition) is 4. The predicted molar refractivity (Wildman–Crippen MR) is 138 cm³/mol. The van der Waals surface area contributed by atoms with Crippen molar-refractivity contribution in [3.63, 3.8) is 0 Å². The lowest BCUT2D eigenvalue weighted by molar-refractivity contribution is -0.179. The van der Waals surface area contributed by atoms with Gasteiger partial charge in [0, 0.05) is 23.7 Å². The first kappa shape index (κ1) is 27.9. The molecule has 8 atom stereocenters. The van der Waals surface area contributed by atoms with Crippen LogP contribution >= 0.6 is 0 Å². The van der Waals surface area contributed by atoms with Gasteiger partial charge in [0.15, 0.2) is 11.5 Å². The highest BCUT2D eigenvalue weighted by Crippen LogP contribution is 2.73. The Bertz CT molecular complexity index is 1150. The van der Waals surface area contributed by atoms with E-state index in [4.69, 9.17) is 0 Å². The second kappa shape index (κ2) is 7.96. The smallest absolute Gasteiger partial charge is 0.206 e. The summed E-state index contributed by atoms with van der Waals surface area (Å²) in [5.41, 5.74) is -5.75. The molecule has 0 saturated heterocycles. The maximum absolute atomic E-state index is 14.2. The Labute approximate surface area is 219 Å². The number of rotatable bonds is 4. The number of ketones is 3. The lowest BCUT2D eigenvalue weighted by Crippen LogP contribution is -2.64. The number of Topliss-reactive ketones (excluding diaryl/α,β-unsaturated/α-hetero) is 2. The topological polar surface area (TPSA) is 132 Å². The number of aliphatic hydroxyl groups excluding tert-OH is 2. The quantitative estimate of drug-likeness (QED) is 0.333. The van der Waals surface area contributed by atoms with Crippen molar-refractivity contribution in [1.82, 2.24) is 0 Å². The first-order valence-corrected chi connectivity index (χ1v) is 13.2. The van der Waals surface area contributed by atoms with Crippen LogP contribution < -0.4 is 0 Å². The number of carbonyl (C=O) groups is 3. The van der Waals surface area contributed by atoms with Crippen molar-refractivity contribution in [3.8, 4) is 0 Å². The van der Waals surface area contributed by atoms with E-state index in [9.17, 15) is 34.8 Å². The largest absolute Gasteiger partial charge is 0.505 e. The first-order valence-electron chi connectivity index (χ1n) is 13.2. The zero-order chi connectivity index (χ0) is 28.1. The fourth-order valence-electron chi connectivity index (χ4n) is 8.58. The van der Waals surface area contributed by atoms with Crippen LogP contribution in [0.15, 0.2) is 35.6 Å². The summed E-state index contributed by atoms with van der Waals surface area (Å²) in [6.45, 7) is 13.8. The molecule has 0 aromatic heterocycles. The summed E-state index contributed by atoms with van der Waals surface area (Å²) >= 11 is 0. The highest BCUT2D eigenvalue weighted by atomic mass is 16.3. The molecule has 4 aliphatic rings. The molecule has 0 radical (unpaired) electrons. The van der Waals surface area contributed by atoms with Crippen LogP contribution in [0.5, 0.6) is 0 Å². The van der Waals surface area contributed by atoms with E-state index in [1.165, 1.54) is 32.9 Å². The molecule has 0 heterocycles. The van der Waals surface area contributed by atoms with Gasteiger partial charge in [0.25, 0.3) is 0 Å². The van der Waals surface area contributed by atoms with Crippen molar-refractivity contribution in [2.75, 3.05) is 0 Å². The molecule has 4 rings (SSSR count). The molecule has 204 valence electrons. The van der Waals surface area contributed by atoms with Gasteiger partial charge in [-0.25, -0.2) is 0 Å². The number of fused-ring (bicyclic) bond motifs is 5. The van der Waals surface area contributed by atoms with Gasteiger partial charge in [-0.1, -0.05) is 38.5 Å². The van der Waals surface area contributed by atoms with Gasteiger partial charge in [0.2, 0.25) is 5.78 Å². The standard InChI is InChI=1S/C30H42O7/c1-25(2,36)12-11-21(33)30(8,37)23-19(32)14-27(5)20-10-9-16-17(13-18(31)24(35)26(16,3)4)29(20,7)22(34)15-28(23,27)6/h9,11-13,17,19-20,23,31-32,36-37H,10,14-15H2,1-8H3/b12-11+/t17-,19-,20-,23?,27-,28?,29+,30-/m0/s1. The molecular weight excluding hydrogens is 472 g/mol. The van der Waals surface area contributed by atoms with E-state index < -0.39 is 56.6 Å². The third-order valence-electron chi connectivity index (χ3n) is 10.8. The molecule has 2 saturated carbocycles. The normalized spacial score (nSPS) is 42.9. The van der Waals surface area contributed by atoms with Gasteiger partial charge in [-0.05, 0) is 76.4 Å². The average molecular weight is 515 g/mol. The minimum atomic E-state index is -1.96. The Balaban J connectivity index is 1.82. The molecule has 7 heteroatoms. The van der Waals surface area contributed by atoms with E-state index >= 15 is 0 Å². The Morgan fingerprint density at radius 2 is 1.65 bits per heavy atom. The van der Waals surface area contributed by atoms with Crippen LogP contribution in [-0.4, -0.2) is 55.1 Å². The molecule has 0 aromatic rings. The molecule has 0 spiro atoms. The van der Waals surface area contributed by atoms with Crippen LogP contribution in [0.25, 0.3) is 0 Å². The third-order valence-corrected chi connectivity index (χ3v) is 10.8. The highest BCUT2D eigenvalue weighted by Gasteiger charge is 2.74. The summed E-state index contributed by atoms with van der Waals surface area (Å²) in [6, 6.07) is 0. The van der Waals surface area contributed by atoms with Gasteiger partial charge < -0.3 is 20.4 Å². The molecule has 0 aliphatic heterocycles. The van der Waals surface area contributed by atoms with Crippen molar-refractivity contribution in [2.24, 2.45) is 39.4 Å². The summed E-state index contributed by atoms with van der Waals surface area (Å²) in [4.78, 5) is 40.1. The molecule has 0 aromatic carbocycles. The summed E-state index contributed by atoms with van der Waals surface area (Å²) in [5.74, 6) is -2.98. The van der Waals surface area contributed by atoms with Gasteiger partial charge in [-0.3, -0.25) is 14.4 Å². The lowest BCUT2D eigenvalue weighted by atomic mass is 9.39. The Kier molecular flexibility index (Phi) is 6.01. The van der Waals surface area contributed by atoms with E-state index in [1.54, 1.807) is 13.8 Å². The summed E-state index contributed by atoms with van der Waals surface area (Å²) in [7, 11) is 0. The molecule has 4 N–H and O–H groups in total. The predicted octanol–water partition coefficient (Wildman–Crippen LogP) is 3.62. The number of carbonyl (C=O) groups excluding carboxylic acids is 3. The number of allylic oxidation sites excluding steroid dienone is 4. The fraction of sp³-hybridized carbons (Fsp3) is 0.700. The van der Waals surface area contributed by atoms with Crippen LogP contribution in [0.1, 0.15) is 74.7 Å². The van der Waals surface area contributed by atoms with Crippen LogP contribution in [0.2, 0.25) is 0 Å². The van der Waals surface area contributed by atoms with E-state index in [1.807, 2.05) is 26.8 Å². The Morgan fingerprint density at radius 1 is 1.05 bits per heavy atom. The summed E-state index contributed by atoms with van der Waals surface area (Å²) in [6.07, 6.45) is 5.85. The number of hydrogen-bond acceptors (Lipinski definition) is 7. The molecule has 4 aliphatic carbocycles. The zero-order valence-electron chi connectivity index (χ0n) is 23.3. The van der Waals surface area contributed by atoms with Crippen molar-refractivity contribution in [1.29, 1.82) is 0 Å². The van der Waals surface area contributed by atoms with Crippen molar-refractivity contribution >= 4 is 17.3 Å². The Morgan fingerprint density at radius 3 is 2.22 bits per heavy atom. The molecule has 0 amide bonds. The molecule has 0 bridgehead atoms. The van der Waals surface area contributed by atoms with Gasteiger partial charge in [-0.2, -0.15) is 0 Å². The molecule has 37 heavy (non-hydrogen) atoms. The fourth-order valence-corrected chi connectivity index (χ4v) is 8.58. The summed E-state index contributed by atoms with van der Waals surface area (Å²) in [5, 5.41) is 43.6. The van der Waals surface area contributed by atoms with Crippen molar-refractivity contribution < 1.29 is 34.8 Å². The minimum absolute atomic E-state index is 0.0453. The Hall–Kier alpha value is -2.09. The third kappa shape index (κ3) is 3.60. The zero-order valence-corrected chi connectivity index (χ0v) is 23.3. The monoisotopic (exact) mass is 514 g/mol. The van der Waals surface area contributed by atoms with Gasteiger partial charge in [0.1, 0.15) is 11.4 Å². The maximum Gasteiger partial charge on any atom is 0.206 e. The second-order valence-electron chi connectivity index (χ2n) is 13.9. The van der Waals surface area contributed by atoms with E-state index in [0.29, 0.717) is 12.8 Å². The SMILES string of the molecule is CC(C)(O)/C=C/C(=O)[C@](C)(O)C1[C@@H](O)C[C@@]2(C)[C@@H]3CC=C4[C@H](C=C(O)C(=O)C4(C)C)[C@@]3(C)C(=O)CC12C. The maximum atomic E-state index is 14.2. The molecule has 7 nitrogen and oxygen atoms in total. The molecule has 2 unspecified atom stereocenters. The van der Waals surface area contributed by atoms with Gasteiger partial charge >= 0.3 is 0 Å². The average Bonchev–Trinajstić information content (AvgIpc) is 2.96. The van der Waals surface area contributed by atoms with E-state index in [0.717, 1.165) is 11.6 Å². The van der Waals surface area contributed by atoms with Crippen LogP contribution in [0.3, 0.4) is 0 Å². The lowest BCUT2D eigenvalue weighted by Gasteiger charge is -2.63. The van der Waals surface area contributed by atoms with Crippen LogP contribution in [0, 0.1) is 39.4 Å². The molecular formula is C30H42O7. The second-order valence-corrected chi connectivity index (χ2v) is 13.9. The van der Waals surface area contributed by atoms with Gasteiger partial charge in [-0.15, -0.1) is 0 Å². The molecule has 2 fully saturated rings. The van der Waals surface area contributed by atoms with Crippen molar-refractivity contribution in [3.05, 3.63) is 35.6 Å².